The van der Waals surface area contributed by atoms with E-state index in [0.717, 1.165) is 53.8 Å². The second kappa shape index (κ2) is 6.83. The van der Waals surface area contributed by atoms with Crippen molar-refractivity contribution in [1.82, 2.24) is 19.7 Å². The first-order valence-electron chi connectivity index (χ1n) is 8.22. The van der Waals surface area contributed by atoms with Crippen molar-refractivity contribution >= 4 is 22.7 Å². The van der Waals surface area contributed by atoms with Crippen molar-refractivity contribution in [2.45, 2.75) is 30.6 Å². The zero-order valence-electron chi connectivity index (χ0n) is 13.4. The van der Waals surface area contributed by atoms with Crippen LogP contribution >= 0.6 is 11.8 Å². The van der Waals surface area contributed by atoms with Crippen molar-refractivity contribution in [3.8, 4) is 11.4 Å². The molecule has 24 heavy (non-hydrogen) atoms. The lowest BCUT2D eigenvalue weighted by molar-refractivity contribution is 0.0953. The molecule has 0 spiro atoms. The maximum Gasteiger partial charge on any atom is 0.191 e. The SMILES string of the molecule is C=CCSc1nnc(-c2c[nH]c3ccccc23)n1CC1CCCO1. The standard InChI is InChI=1S/C18H20N4OS/c1-2-10-24-18-21-20-17(22(18)12-13-6-5-9-23-13)15-11-19-16-8-4-3-7-14(15)16/h2-4,7-8,11,13,19H,1,5-6,9-10,12H2. The smallest absolute Gasteiger partial charge is 0.191 e. The summed E-state index contributed by atoms with van der Waals surface area (Å²) >= 11 is 1.66. The average Bonchev–Trinajstić information content (AvgIpc) is 3.33. The average molecular weight is 340 g/mol. The van der Waals surface area contributed by atoms with Gasteiger partial charge in [-0.15, -0.1) is 16.8 Å². The van der Waals surface area contributed by atoms with Crippen molar-refractivity contribution < 1.29 is 4.74 Å². The van der Waals surface area contributed by atoms with E-state index in [-0.39, 0.29) is 6.10 Å². The van der Waals surface area contributed by atoms with Crippen LogP contribution < -0.4 is 0 Å². The Kier molecular flexibility index (Phi) is 4.40. The van der Waals surface area contributed by atoms with Crippen LogP contribution in [-0.4, -0.2) is 38.2 Å². The van der Waals surface area contributed by atoms with E-state index in [4.69, 9.17) is 4.74 Å². The summed E-state index contributed by atoms with van der Waals surface area (Å²) in [4.78, 5) is 3.32. The highest BCUT2D eigenvalue weighted by Crippen LogP contribution is 2.31. The molecule has 0 bridgehead atoms. The lowest BCUT2D eigenvalue weighted by atomic mass is 10.1. The summed E-state index contributed by atoms with van der Waals surface area (Å²) in [5, 5.41) is 11.0. The molecule has 3 aromatic rings. The highest BCUT2D eigenvalue weighted by Gasteiger charge is 2.22. The summed E-state index contributed by atoms with van der Waals surface area (Å²) in [6.07, 6.45) is 6.37. The zero-order chi connectivity index (χ0) is 16.4. The zero-order valence-corrected chi connectivity index (χ0v) is 14.3. The molecule has 2 aromatic heterocycles. The van der Waals surface area contributed by atoms with Crippen LogP contribution in [0.15, 0.2) is 48.3 Å². The number of benzene rings is 1. The molecule has 124 valence electrons. The summed E-state index contributed by atoms with van der Waals surface area (Å²) in [5.74, 6) is 1.71. The molecule has 1 N–H and O–H groups in total. The van der Waals surface area contributed by atoms with Crippen molar-refractivity contribution in [3.63, 3.8) is 0 Å². The predicted molar refractivity (Wildman–Crippen MR) is 97.2 cm³/mol. The van der Waals surface area contributed by atoms with E-state index in [9.17, 15) is 0 Å². The molecular weight excluding hydrogens is 320 g/mol. The van der Waals surface area contributed by atoms with Crippen LogP contribution in [0.4, 0.5) is 0 Å². The van der Waals surface area contributed by atoms with Crippen molar-refractivity contribution in [2.75, 3.05) is 12.4 Å². The molecule has 1 saturated heterocycles. The van der Waals surface area contributed by atoms with Crippen molar-refractivity contribution in [3.05, 3.63) is 43.1 Å². The van der Waals surface area contributed by atoms with E-state index in [2.05, 4.69) is 38.5 Å². The molecule has 1 fully saturated rings. The van der Waals surface area contributed by atoms with Crippen LogP contribution in [0.3, 0.4) is 0 Å². The normalized spacial score (nSPS) is 17.6. The Labute approximate surface area is 145 Å². The first-order valence-corrected chi connectivity index (χ1v) is 9.20. The molecule has 1 aliphatic heterocycles. The number of rotatable bonds is 6. The number of nitrogens with one attached hydrogen (secondary N) is 1. The van der Waals surface area contributed by atoms with E-state index in [1.165, 1.54) is 5.39 Å². The van der Waals surface area contributed by atoms with E-state index >= 15 is 0 Å². The minimum absolute atomic E-state index is 0.244. The van der Waals surface area contributed by atoms with Gasteiger partial charge in [-0.1, -0.05) is 36.0 Å². The molecule has 1 aliphatic rings. The van der Waals surface area contributed by atoms with Gasteiger partial charge in [-0.25, -0.2) is 0 Å². The third-order valence-electron chi connectivity index (χ3n) is 4.29. The summed E-state index contributed by atoms with van der Waals surface area (Å²) in [5.41, 5.74) is 2.20. The van der Waals surface area contributed by atoms with Crippen LogP contribution in [0.1, 0.15) is 12.8 Å². The first-order chi connectivity index (χ1) is 11.9. The van der Waals surface area contributed by atoms with Crippen LogP contribution in [0, 0.1) is 0 Å². The minimum Gasteiger partial charge on any atom is -0.376 e. The molecule has 3 heterocycles. The van der Waals surface area contributed by atoms with E-state index < -0.39 is 0 Å². The topological polar surface area (TPSA) is 55.7 Å². The molecule has 1 atom stereocenters. The Morgan fingerprint density at radius 3 is 3.12 bits per heavy atom. The summed E-state index contributed by atoms with van der Waals surface area (Å²) in [7, 11) is 0. The Hall–Kier alpha value is -2.05. The fourth-order valence-electron chi connectivity index (χ4n) is 3.14. The molecule has 1 aromatic carbocycles. The number of ether oxygens (including phenoxy) is 1. The monoisotopic (exact) mass is 340 g/mol. The molecule has 5 nitrogen and oxygen atoms in total. The second-order valence-corrected chi connectivity index (χ2v) is 6.89. The van der Waals surface area contributed by atoms with Crippen LogP contribution in [0.2, 0.25) is 0 Å². The molecule has 6 heteroatoms. The second-order valence-electron chi connectivity index (χ2n) is 5.90. The van der Waals surface area contributed by atoms with Gasteiger partial charge in [-0.05, 0) is 18.9 Å². The molecule has 0 aliphatic carbocycles. The summed E-state index contributed by atoms with van der Waals surface area (Å²) in [6.45, 7) is 5.44. The molecular formula is C18H20N4OS. The Morgan fingerprint density at radius 1 is 1.38 bits per heavy atom. The Bertz CT molecular complexity index is 848. The number of hydrogen-bond donors (Lipinski definition) is 1. The third-order valence-corrected chi connectivity index (χ3v) is 5.25. The van der Waals surface area contributed by atoms with Gasteiger partial charge in [0.05, 0.1) is 12.6 Å². The molecule has 0 saturated carbocycles. The largest absolute Gasteiger partial charge is 0.376 e. The van der Waals surface area contributed by atoms with Gasteiger partial charge < -0.3 is 9.72 Å². The van der Waals surface area contributed by atoms with E-state index in [1.807, 2.05) is 24.4 Å². The number of fused-ring (bicyclic) bond motifs is 1. The first kappa shape index (κ1) is 15.5. The van der Waals surface area contributed by atoms with Gasteiger partial charge in [0.25, 0.3) is 0 Å². The number of aromatic nitrogens is 4. The number of hydrogen-bond acceptors (Lipinski definition) is 4. The number of H-pyrrole nitrogens is 1. The number of thioether (sulfide) groups is 1. The molecule has 0 radical (unpaired) electrons. The lowest BCUT2D eigenvalue weighted by Gasteiger charge is -2.14. The van der Waals surface area contributed by atoms with Crippen LogP contribution in [-0.2, 0) is 11.3 Å². The maximum absolute atomic E-state index is 5.83. The fraction of sp³-hybridized carbons (Fsp3) is 0.333. The lowest BCUT2D eigenvalue weighted by Crippen LogP contribution is -2.16. The fourth-order valence-corrected chi connectivity index (χ4v) is 3.82. The molecule has 1 unspecified atom stereocenters. The van der Waals surface area contributed by atoms with Gasteiger partial charge in [0.2, 0.25) is 0 Å². The minimum atomic E-state index is 0.244. The maximum atomic E-state index is 5.83. The highest BCUT2D eigenvalue weighted by molar-refractivity contribution is 7.99. The van der Waals surface area contributed by atoms with Gasteiger partial charge in [-0.3, -0.25) is 4.57 Å². The summed E-state index contributed by atoms with van der Waals surface area (Å²) in [6, 6.07) is 8.27. The van der Waals surface area contributed by atoms with E-state index in [0.29, 0.717) is 0 Å². The molecule has 4 rings (SSSR count). The third kappa shape index (κ3) is 2.87. The van der Waals surface area contributed by atoms with Gasteiger partial charge in [0.1, 0.15) is 0 Å². The van der Waals surface area contributed by atoms with Crippen LogP contribution in [0.25, 0.3) is 22.3 Å². The number of nitrogens with zero attached hydrogens (tertiary/aromatic N) is 3. The predicted octanol–water partition coefficient (Wildman–Crippen LogP) is 3.88. The molecule has 0 amide bonds. The van der Waals surface area contributed by atoms with Crippen molar-refractivity contribution in [1.29, 1.82) is 0 Å². The van der Waals surface area contributed by atoms with Gasteiger partial charge in [-0.2, -0.15) is 0 Å². The quantitative estimate of drug-likeness (QED) is 0.546. The van der Waals surface area contributed by atoms with Crippen LogP contribution in [0.5, 0.6) is 0 Å². The Morgan fingerprint density at radius 2 is 2.29 bits per heavy atom. The van der Waals surface area contributed by atoms with Gasteiger partial charge in [0.15, 0.2) is 11.0 Å². The summed E-state index contributed by atoms with van der Waals surface area (Å²) < 4.78 is 8.03. The van der Waals surface area contributed by atoms with Crippen molar-refractivity contribution in [2.24, 2.45) is 0 Å². The highest BCUT2D eigenvalue weighted by atomic mass is 32.2. The van der Waals surface area contributed by atoms with E-state index in [1.54, 1.807) is 11.8 Å². The number of para-hydroxylation sites is 1. The Balaban J connectivity index is 1.76. The van der Waals surface area contributed by atoms with Gasteiger partial charge in [0, 0.05) is 35.0 Å². The van der Waals surface area contributed by atoms with Gasteiger partial charge >= 0.3 is 0 Å². The number of aromatic amines is 1.